The van der Waals surface area contributed by atoms with Crippen LogP contribution in [0.4, 0.5) is 17.6 Å². The minimum atomic E-state index is -4.51. The number of amides is 1. The molecular formula is C11H12F4N2O. The molecule has 0 saturated heterocycles. The zero-order valence-electron chi connectivity index (χ0n) is 9.67. The molecule has 0 N–H and O–H groups in total. The second-order valence-electron chi connectivity index (χ2n) is 3.70. The van der Waals surface area contributed by atoms with Gasteiger partial charge in [-0.1, -0.05) is 6.92 Å². The molecule has 0 aromatic carbocycles. The fourth-order valence-corrected chi connectivity index (χ4v) is 1.46. The highest BCUT2D eigenvalue weighted by molar-refractivity contribution is 5.94. The maximum absolute atomic E-state index is 13.3. The summed E-state index contributed by atoms with van der Waals surface area (Å²) in [7, 11) is 0. The van der Waals surface area contributed by atoms with E-state index in [2.05, 4.69) is 4.98 Å². The van der Waals surface area contributed by atoms with Crippen LogP contribution in [0.1, 0.15) is 23.7 Å². The van der Waals surface area contributed by atoms with E-state index in [1.54, 1.807) is 6.92 Å². The van der Waals surface area contributed by atoms with Gasteiger partial charge in [0, 0.05) is 12.7 Å². The number of nitrogens with zero attached hydrogens (tertiary/aromatic N) is 2. The van der Waals surface area contributed by atoms with Crippen molar-refractivity contribution in [2.24, 2.45) is 0 Å². The van der Waals surface area contributed by atoms with E-state index >= 15 is 0 Å². The highest BCUT2D eigenvalue weighted by atomic mass is 19.4. The standard InChI is InChI=1S/C11H12F4N2O/c1-2-5-17(7-11(13,14)15)10(18)8-3-4-16-6-9(8)12/h3-4,6H,2,5,7H2,1H3. The van der Waals surface area contributed by atoms with Gasteiger partial charge in [0.25, 0.3) is 5.91 Å². The predicted molar refractivity (Wildman–Crippen MR) is 56.4 cm³/mol. The molecule has 1 aromatic rings. The third-order valence-corrected chi connectivity index (χ3v) is 2.15. The summed E-state index contributed by atoms with van der Waals surface area (Å²) in [5, 5.41) is 0. The number of carbonyl (C=O) groups is 1. The summed E-state index contributed by atoms with van der Waals surface area (Å²) in [5.41, 5.74) is -0.400. The molecule has 3 nitrogen and oxygen atoms in total. The van der Waals surface area contributed by atoms with Crippen molar-refractivity contribution in [2.75, 3.05) is 13.1 Å². The number of alkyl halides is 3. The second kappa shape index (κ2) is 5.79. The Hall–Kier alpha value is -1.66. The zero-order chi connectivity index (χ0) is 13.8. The minimum absolute atomic E-state index is 0.0832. The molecule has 0 unspecified atom stereocenters. The summed E-state index contributed by atoms with van der Waals surface area (Å²) < 4.78 is 50.2. The van der Waals surface area contributed by atoms with Gasteiger partial charge >= 0.3 is 6.18 Å². The van der Waals surface area contributed by atoms with Crippen LogP contribution in [0.5, 0.6) is 0 Å². The van der Waals surface area contributed by atoms with Crippen LogP contribution in [0.15, 0.2) is 18.5 Å². The van der Waals surface area contributed by atoms with Gasteiger partial charge in [-0.05, 0) is 12.5 Å². The van der Waals surface area contributed by atoms with Gasteiger partial charge in [0.05, 0.1) is 11.8 Å². The maximum Gasteiger partial charge on any atom is 0.406 e. The third-order valence-electron chi connectivity index (χ3n) is 2.15. The molecule has 100 valence electrons. The number of halogens is 4. The van der Waals surface area contributed by atoms with Gasteiger partial charge in [0.2, 0.25) is 0 Å². The molecule has 0 fully saturated rings. The predicted octanol–water partition coefficient (Wildman–Crippen LogP) is 2.64. The first-order chi connectivity index (χ1) is 8.35. The third kappa shape index (κ3) is 3.97. The van der Waals surface area contributed by atoms with Crippen LogP contribution in [0.3, 0.4) is 0 Å². The first kappa shape index (κ1) is 14.4. The van der Waals surface area contributed by atoms with Crippen molar-refractivity contribution in [2.45, 2.75) is 19.5 Å². The van der Waals surface area contributed by atoms with Crippen LogP contribution in [0.2, 0.25) is 0 Å². The van der Waals surface area contributed by atoms with Gasteiger partial charge in [0.15, 0.2) is 5.82 Å². The van der Waals surface area contributed by atoms with Crippen LogP contribution in [-0.2, 0) is 0 Å². The molecule has 0 aliphatic heterocycles. The maximum atomic E-state index is 13.3. The number of rotatable bonds is 4. The average molecular weight is 264 g/mol. The van der Waals surface area contributed by atoms with E-state index in [4.69, 9.17) is 0 Å². The fraction of sp³-hybridized carbons (Fsp3) is 0.455. The van der Waals surface area contributed by atoms with E-state index in [-0.39, 0.29) is 6.54 Å². The summed E-state index contributed by atoms with van der Waals surface area (Å²) >= 11 is 0. The molecule has 7 heteroatoms. The molecule has 1 heterocycles. The Balaban J connectivity index is 2.93. The smallest absolute Gasteiger partial charge is 0.329 e. The summed E-state index contributed by atoms with van der Waals surface area (Å²) in [6.45, 7) is 0.168. The van der Waals surface area contributed by atoms with Crippen LogP contribution in [0, 0.1) is 5.82 Å². The first-order valence-corrected chi connectivity index (χ1v) is 5.30. The van der Waals surface area contributed by atoms with Gasteiger partial charge in [-0.2, -0.15) is 13.2 Å². The van der Waals surface area contributed by atoms with Gasteiger partial charge in [-0.3, -0.25) is 9.78 Å². The molecule has 18 heavy (non-hydrogen) atoms. The molecule has 1 aromatic heterocycles. The van der Waals surface area contributed by atoms with E-state index < -0.39 is 30.0 Å². The Morgan fingerprint density at radius 1 is 1.44 bits per heavy atom. The Morgan fingerprint density at radius 3 is 2.61 bits per heavy atom. The number of pyridine rings is 1. The van der Waals surface area contributed by atoms with E-state index in [1.807, 2.05) is 0 Å². The molecule has 1 amide bonds. The highest BCUT2D eigenvalue weighted by Crippen LogP contribution is 2.19. The molecule has 0 bridgehead atoms. The second-order valence-corrected chi connectivity index (χ2v) is 3.70. The Kier molecular flexibility index (Phi) is 4.63. The monoisotopic (exact) mass is 264 g/mol. The molecule has 0 aliphatic carbocycles. The summed E-state index contributed by atoms with van der Waals surface area (Å²) in [5.74, 6) is -1.90. The van der Waals surface area contributed by atoms with Crippen LogP contribution < -0.4 is 0 Å². The van der Waals surface area contributed by atoms with Gasteiger partial charge in [-0.15, -0.1) is 0 Å². The minimum Gasteiger partial charge on any atom is -0.329 e. The van der Waals surface area contributed by atoms with E-state index in [0.717, 1.165) is 18.5 Å². The van der Waals surface area contributed by atoms with Crippen LogP contribution in [-0.4, -0.2) is 35.1 Å². The summed E-state index contributed by atoms with van der Waals surface area (Å²) in [4.78, 5) is 15.8. The van der Waals surface area contributed by atoms with Crippen molar-refractivity contribution in [3.05, 3.63) is 29.8 Å². The quantitative estimate of drug-likeness (QED) is 0.783. The zero-order valence-corrected chi connectivity index (χ0v) is 9.67. The normalized spacial score (nSPS) is 11.4. The molecule has 0 saturated carbocycles. The highest BCUT2D eigenvalue weighted by Gasteiger charge is 2.33. The Bertz CT molecular complexity index is 420. The average Bonchev–Trinajstić information content (AvgIpc) is 2.26. The lowest BCUT2D eigenvalue weighted by Gasteiger charge is -2.23. The lowest BCUT2D eigenvalue weighted by Crippen LogP contribution is -2.39. The van der Waals surface area contributed by atoms with Crippen molar-refractivity contribution in [1.82, 2.24) is 9.88 Å². The van der Waals surface area contributed by atoms with Gasteiger partial charge in [0.1, 0.15) is 6.54 Å². The first-order valence-electron chi connectivity index (χ1n) is 5.30. The summed E-state index contributed by atoms with van der Waals surface area (Å²) in [6, 6.07) is 1.07. The molecule has 0 spiro atoms. The fourth-order valence-electron chi connectivity index (χ4n) is 1.46. The molecule has 0 aliphatic rings. The van der Waals surface area contributed by atoms with Crippen molar-refractivity contribution in [3.8, 4) is 0 Å². The van der Waals surface area contributed by atoms with Crippen LogP contribution in [0.25, 0.3) is 0 Å². The number of hydrogen-bond acceptors (Lipinski definition) is 2. The Morgan fingerprint density at radius 2 is 2.11 bits per heavy atom. The SMILES string of the molecule is CCCN(CC(F)(F)F)C(=O)c1ccncc1F. The van der Waals surface area contributed by atoms with Gasteiger partial charge in [-0.25, -0.2) is 4.39 Å². The Labute approximate surface area is 101 Å². The summed E-state index contributed by atoms with van der Waals surface area (Å²) in [6.07, 6.45) is -2.19. The molecule has 0 radical (unpaired) electrons. The number of carbonyl (C=O) groups excluding carboxylic acids is 1. The number of hydrogen-bond donors (Lipinski definition) is 0. The largest absolute Gasteiger partial charge is 0.406 e. The van der Waals surface area contributed by atoms with Crippen molar-refractivity contribution in [3.63, 3.8) is 0 Å². The van der Waals surface area contributed by atoms with E-state index in [0.29, 0.717) is 11.3 Å². The lowest BCUT2D eigenvalue weighted by atomic mass is 10.2. The number of aromatic nitrogens is 1. The molecule has 0 atom stereocenters. The van der Waals surface area contributed by atoms with Crippen molar-refractivity contribution in [1.29, 1.82) is 0 Å². The molecular weight excluding hydrogens is 252 g/mol. The van der Waals surface area contributed by atoms with Gasteiger partial charge < -0.3 is 4.90 Å². The van der Waals surface area contributed by atoms with Crippen molar-refractivity contribution < 1.29 is 22.4 Å². The topological polar surface area (TPSA) is 33.2 Å². The molecule has 1 rings (SSSR count). The van der Waals surface area contributed by atoms with E-state index in [1.165, 1.54) is 0 Å². The van der Waals surface area contributed by atoms with E-state index in [9.17, 15) is 22.4 Å². The lowest BCUT2D eigenvalue weighted by molar-refractivity contribution is -0.140. The van der Waals surface area contributed by atoms with Crippen molar-refractivity contribution >= 4 is 5.91 Å². The van der Waals surface area contributed by atoms with Crippen LogP contribution >= 0.6 is 0 Å².